The van der Waals surface area contributed by atoms with Crippen molar-refractivity contribution in [1.29, 1.82) is 0 Å². The molecule has 6 nitrogen and oxygen atoms in total. The first-order chi connectivity index (χ1) is 13.5. The van der Waals surface area contributed by atoms with Gasteiger partial charge in [-0.2, -0.15) is 10.2 Å². The molecule has 0 spiro atoms. The molecule has 4 rings (SSSR count). The normalized spacial score (nSPS) is 10.8. The second kappa shape index (κ2) is 7.44. The third kappa shape index (κ3) is 3.36. The molecule has 0 atom stereocenters. The summed E-state index contributed by atoms with van der Waals surface area (Å²) >= 11 is 3.54. The second-order valence-electron chi connectivity index (χ2n) is 6.37. The van der Waals surface area contributed by atoms with Crippen LogP contribution in [0.4, 0.5) is 5.69 Å². The molecule has 0 aliphatic heterocycles. The summed E-state index contributed by atoms with van der Waals surface area (Å²) in [6.07, 6.45) is 3.54. The third-order valence-electron chi connectivity index (χ3n) is 4.48. The Kier molecular flexibility index (Phi) is 4.83. The molecule has 0 radical (unpaired) electrons. The molecular formula is C21H18BrN5O. The molecule has 28 heavy (non-hydrogen) atoms. The summed E-state index contributed by atoms with van der Waals surface area (Å²) in [5.74, 6) is -0.180. The van der Waals surface area contributed by atoms with E-state index in [1.54, 1.807) is 23.0 Å². The molecule has 0 fully saturated rings. The molecule has 1 N–H and O–H groups in total. The van der Waals surface area contributed by atoms with Gasteiger partial charge in [0.2, 0.25) is 0 Å². The zero-order chi connectivity index (χ0) is 19.7. The van der Waals surface area contributed by atoms with Crippen LogP contribution in [0.3, 0.4) is 0 Å². The molecule has 0 unspecified atom stereocenters. The van der Waals surface area contributed by atoms with Crippen molar-refractivity contribution in [3.05, 3.63) is 88.4 Å². The van der Waals surface area contributed by atoms with Crippen LogP contribution >= 0.6 is 15.9 Å². The van der Waals surface area contributed by atoms with Crippen molar-refractivity contribution in [3.8, 4) is 11.4 Å². The maximum Gasteiger partial charge on any atom is 0.255 e. The lowest BCUT2D eigenvalue weighted by Gasteiger charge is -2.11. The molecule has 4 aromatic rings. The molecule has 0 aliphatic rings. The molecule has 1 amide bonds. The molecule has 0 aliphatic carbocycles. The van der Waals surface area contributed by atoms with Crippen LogP contribution in [0.2, 0.25) is 0 Å². The fraction of sp³-hybridized carbons (Fsp3) is 0.0952. The molecule has 0 bridgehead atoms. The number of anilines is 1. The number of nitrogens with zero attached hydrogens (tertiary/aromatic N) is 4. The zero-order valence-corrected chi connectivity index (χ0v) is 17.0. The van der Waals surface area contributed by atoms with E-state index in [4.69, 9.17) is 0 Å². The van der Waals surface area contributed by atoms with Gasteiger partial charge in [0, 0.05) is 18.0 Å². The number of benzene rings is 2. The summed E-state index contributed by atoms with van der Waals surface area (Å²) in [4.78, 5) is 12.7. The fourth-order valence-corrected chi connectivity index (χ4v) is 3.26. The highest BCUT2D eigenvalue weighted by atomic mass is 79.9. The lowest BCUT2D eigenvalue weighted by atomic mass is 10.1. The van der Waals surface area contributed by atoms with Gasteiger partial charge in [0.1, 0.15) is 0 Å². The van der Waals surface area contributed by atoms with Crippen molar-refractivity contribution in [3.63, 3.8) is 0 Å². The van der Waals surface area contributed by atoms with E-state index in [9.17, 15) is 4.79 Å². The molecule has 2 aromatic heterocycles. The summed E-state index contributed by atoms with van der Waals surface area (Å²) in [5, 5.41) is 11.7. The van der Waals surface area contributed by atoms with Crippen molar-refractivity contribution in [2.45, 2.75) is 13.8 Å². The number of hydrogen-bond donors (Lipinski definition) is 1. The van der Waals surface area contributed by atoms with Gasteiger partial charge in [-0.15, -0.1) is 0 Å². The lowest BCUT2D eigenvalue weighted by Crippen LogP contribution is -2.14. The van der Waals surface area contributed by atoms with Crippen molar-refractivity contribution in [2.24, 2.45) is 0 Å². The second-order valence-corrected chi connectivity index (χ2v) is 7.16. The highest BCUT2D eigenvalue weighted by molar-refractivity contribution is 9.10. The van der Waals surface area contributed by atoms with Crippen molar-refractivity contribution in [2.75, 3.05) is 5.32 Å². The third-order valence-corrected chi connectivity index (χ3v) is 5.63. The van der Waals surface area contributed by atoms with Crippen LogP contribution in [0.1, 0.15) is 21.7 Å². The number of carbonyl (C=O) groups excluding carboxylic acids is 1. The number of nitrogens with one attached hydrogen (secondary N) is 1. The SMILES string of the molecule is Cc1nn(-c2ccc(C(=O)Nc3ccccc3-n3cccn3)cc2)c(C)c1Br. The number of hydrogen-bond acceptors (Lipinski definition) is 3. The van der Waals surface area contributed by atoms with E-state index in [-0.39, 0.29) is 5.91 Å². The van der Waals surface area contributed by atoms with Crippen LogP contribution < -0.4 is 5.32 Å². The van der Waals surface area contributed by atoms with E-state index < -0.39 is 0 Å². The molecule has 2 aromatic carbocycles. The minimum atomic E-state index is -0.180. The maximum atomic E-state index is 12.7. The van der Waals surface area contributed by atoms with Crippen molar-refractivity contribution in [1.82, 2.24) is 19.6 Å². The minimum Gasteiger partial charge on any atom is -0.320 e. The number of amides is 1. The van der Waals surface area contributed by atoms with E-state index in [1.165, 1.54) is 0 Å². The Morgan fingerprint density at radius 2 is 1.79 bits per heavy atom. The van der Waals surface area contributed by atoms with Gasteiger partial charge in [0.15, 0.2) is 0 Å². The van der Waals surface area contributed by atoms with E-state index in [2.05, 4.69) is 31.4 Å². The van der Waals surface area contributed by atoms with Gasteiger partial charge in [0.05, 0.1) is 32.9 Å². The van der Waals surface area contributed by atoms with Gasteiger partial charge < -0.3 is 5.32 Å². The van der Waals surface area contributed by atoms with Crippen LogP contribution in [-0.4, -0.2) is 25.5 Å². The van der Waals surface area contributed by atoms with Gasteiger partial charge in [-0.1, -0.05) is 12.1 Å². The smallest absolute Gasteiger partial charge is 0.255 e. The van der Waals surface area contributed by atoms with E-state index >= 15 is 0 Å². The molecular weight excluding hydrogens is 418 g/mol. The van der Waals surface area contributed by atoms with Crippen molar-refractivity contribution < 1.29 is 4.79 Å². The van der Waals surface area contributed by atoms with E-state index in [1.807, 2.05) is 67.2 Å². The number of para-hydroxylation sites is 2. The number of rotatable bonds is 4. The van der Waals surface area contributed by atoms with Gasteiger partial charge in [-0.3, -0.25) is 4.79 Å². The van der Waals surface area contributed by atoms with Gasteiger partial charge in [-0.25, -0.2) is 9.36 Å². The Labute approximate surface area is 170 Å². The summed E-state index contributed by atoms with van der Waals surface area (Å²) < 4.78 is 4.57. The Balaban J connectivity index is 1.58. The largest absolute Gasteiger partial charge is 0.320 e. The topological polar surface area (TPSA) is 64.7 Å². The van der Waals surface area contributed by atoms with Gasteiger partial charge >= 0.3 is 0 Å². The quantitative estimate of drug-likeness (QED) is 0.505. The summed E-state index contributed by atoms with van der Waals surface area (Å²) in [6, 6.07) is 16.8. The molecule has 7 heteroatoms. The summed E-state index contributed by atoms with van der Waals surface area (Å²) in [6.45, 7) is 3.95. The first-order valence-corrected chi connectivity index (χ1v) is 9.56. The van der Waals surface area contributed by atoms with Gasteiger partial charge in [0.25, 0.3) is 5.91 Å². The highest BCUT2D eigenvalue weighted by Gasteiger charge is 2.13. The first kappa shape index (κ1) is 18.2. The number of halogens is 1. The predicted octanol–water partition coefficient (Wildman–Crippen LogP) is 4.69. The summed E-state index contributed by atoms with van der Waals surface area (Å²) in [7, 11) is 0. The Bertz CT molecular complexity index is 1130. The number of aryl methyl sites for hydroxylation is 1. The first-order valence-electron chi connectivity index (χ1n) is 8.77. The van der Waals surface area contributed by atoms with Crippen molar-refractivity contribution >= 4 is 27.5 Å². The minimum absolute atomic E-state index is 0.180. The maximum absolute atomic E-state index is 12.7. The van der Waals surface area contributed by atoms with Crippen LogP contribution in [0.5, 0.6) is 0 Å². The average Bonchev–Trinajstić information content (AvgIpc) is 3.33. The van der Waals surface area contributed by atoms with Crippen LogP contribution in [-0.2, 0) is 0 Å². The highest BCUT2D eigenvalue weighted by Crippen LogP contribution is 2.24. The number of carbonyl (C=O) groups is 1. The summed E-state index contributed by atoms with van der Waals surface area (Å²) in [5.41, 5.74) is 4.92. The molecule has 140 valence electrons. The fourth-order valence-electron chi connectivity index (χ4n) is 3.01. The Morgan fingerprint density at radius 3 is 2.43 bits per heavy atom. The van der Waals surface area contributed by atoms with Crippen LogP contribution in [0.15, 0.2) is 71.5 Å². The lowest BCUT2D eigenvalue weighted by molar-refractivity contribution is 0.102. The molecule has 0 saturated carbocycles. The Hall–Kier alpha value is -3.19. The average molecular weight is 436 g/mol. The monoisotopic (exact) mass is 435 g/mol. The zero-order valence-electron chi connectivity index (χ0n) is 15.4. The van der Waals surface area contributed by atoms with E-state index in [0.717, 1.165) is 27.2 Å². The standard InChI is InChI=1S/C21H18BrN5O/c1-14-20(22)15(2)27(25-14)17-10-8-16(9-11-17)21(28)24-18-6-3-4-7-19(18)26-13-5-12-23-26/h3-13H,1-2H3,(H,24,28). The molecule has 0 saturated heterocycles. The predicted molar refractivity (Wildman–Crippen MR) is 112 cm³/mol. The van der Waals surface area contributed by atoms with E-state index in [0.29, 0.717) is 11.3 Å². The number of aromatic nitrogens is 4. The Morgan fingerprint density at radius 1 is 1.04 bits per heavy atom. The van der Waals surface area contributed by atoms with Gasteiger partial charge in [-0.05, 0) is 72.2 Å². The molecule has 2 heterocycles. The van der Waals surface area contributed by atoms with Crippen LogP contribution in [0, 0.1) is 13.8 Å². The van der Waals surface area contributed by atoms with Crippen LogP contribution in [0.25, 0.3) is 11.4 Å².